The van der Waals surface area contributed by atoms with Crippen LogP contribution in [0.25, 0.3) is 11.4 Å². The third-order valence-corrected chi connectivity index (χ3v) is 3.47. The molecule has 19 heavy (non-hydrogen) atoms. The summed E-state index contributed by atoms with van der Waals surface area (Å²) in [4.78, 5) is 0. The normalized spacial score (nSPS) is 22.6. The van der Waals surface area contributed by atoms with Gasteiger partial charge in [0.1, 0.15) is 0 Å². The fourth-order valence-electron chi connectivity index (χ4n) is 2.36. The number of tetrazole rings is 1. The molecule has 0 saturated carbocycles. The zero-order chi connectivity index (χ0) is 13.2. The van der Waals surface area contributed by atoms with Crippen molar-refractivity contribution in [1.29, 1.82) is 0 Å². The third kappa shape index (κ3) is 2.44. The molecule has 2 unspecified atom stereocenters. The number of aryl methyl sites for hydroxylation is 1. The maximum absolute atomic E-state index is 5.56. The Bertz CT molecular complexity index is 568. The molecule has 0 radical (unpaired) electrons. The first kappa shape index (κ1) is 12.1. The molecule has 6 heteroatoms. The quantitative estimate of drug-likeness (QED) is 0.904. The highest BCUT2D eigenvalue weighted by molar-refractivity contribution is 5.62. The molecule has 2 heterocycles. The summed E-state index contributed by atoms with van der Waals surface area (Å²) in [6.07, 6.45) is 1.29. The number of hydrogen-bond donors (Lipinski definition) is 1. The molecule has 1 aromatic carbocycles. The maximum Gasteiger partial charge on any atom is 0.181 e. The smallest absolute Gasteiger partial charge is 0.181 e. The van der Waals surface area contributed by atoms with Crippen LogP contribution in [0.1, 0.15) is 13.3 Å². The van der Waals surface area contributed by atoms with E-state index in [1.807, 2.05) is 19.2 Å². The van der Waals surface area contributed by atoms with Gasteiger partial charge in [0.25, 0.3) is 0 Å². The van der Waals surface area contributed by atoms with Gasteiger partial charge in [0.15, 0.2) is 5.82 Å². The van der Waals surface area contributed by atoms with E-state index in [9.17, 15) is 0 Å². The summed E-state index contributed by atoms with van der Waals surface area (Å²) in [5.41, 5.74) is 2.08. The Hall–Kier alpha value is -1.95. The molecule has 100 valence electrons. The number of hydrogen-bond acceptors (Lipinski definition) is 5. The summed E-state index contributed by atoms with van der Waals surface area (Å²) in [6.45, 7) is 2.92. The van der Waals surface area contributed by atoms with Crippen LogP contribution in [0.2, 0.25) is 0 Å². The van der Waals surface area contributed by atoms with Crippen molar-refractivity contribution in [3.05, 3.63) is 24.3 Å². The summed E-state index contributed by atoms with van der Waals surface area (Å²) in [5, 5.41) is 15.1. The molecule has 0 aliphatic carbocycles. The van der Waals surface area contributed by atoms with Crippen molar-refractivity contribution in [3.8, 4) is 11.4 Å². The van der Waals surface area contributed by atoms with Crippen molar-refractivity contribution < 1.29 is 4.74 Å². The van der Waals surface area contributed by atoms with Gasteiger partial charge in [0.2, 0.25) is 0 Å². The van der Waals surface area contributed by atoms with E-state index in [2.05, 4.69) is 39.9 Å². The van der Waals surface area contributed by atoms with Gasteiger partial charge in [-0.15, -0.1) is 5.10 Å². The van der Waals surface area contributed by atoms with Crippen LogP contribution in [0.4, 0.5) is 5.69 Å². The second-order valence-corrected chi connectivity index (χ2v) is 4.82. The SMILES string of the molecule is CC1OCCC1Nc1cccc(-c2nnnn2C)c1. The number of nitrogens with zero attached hydrogens (tertiary/aromatic N) is 4. The molecular formula is C13H17N5O. The van der Waals surface area contributed by atoms with Gasteiger partial charge in [0, 0.05) is 24.9 Å². The highest BCUT2D eigenvalue weighted by Crippen LogP contribution is 2.23. The molecular weight excluding hydrogens is 242 g/mol. The van der Waals surface area contributed by atoms with Gasteiger partial charge in [-0.25, -0.2) is 4.68 Å². The average molecular weight is 259 g/mol. The molecule has 2 aromatic rings. The van der Waals surface area contributed by atoms with Crippen molar-refractivity contribution in [2.45, 2.75) is 25.5 Å². The van der Waals surface area contributed by atoms with Crippen LogP contribution >= 0.6 is 0 Å². The van der Waals surface area contributed by atoms with E-state index in [-0.39, 0.29) is 6.10 Å². The van der Waals surface area contributed by atoms with Crippen molar-refractivity contribution in [2.75, 3.05) is 11.9 Å². The van der Waals surface area contributed by atoms with E-state index in [0.717, 1.165) is 30.1 Å². The van der Waals surface area contributed by atoms with E-state index in [1.165, 1.54) is 0 Å². The summed E-state index contributed by atoms with van der Waals surface area (Å²) < 4.78 is 7.23. The van der Waals surface area contributed by atoms with Crippen LogP contribution in [-0.2, 0) is 11.8 Å². The standard InChI is InChI=1S/C13H17N5O/c1-9-12(6-7-19-9)14-11-5-3-4-10(8-11)13-15-16-17-18(13)2/h3-5,8-9,12,14H,6-7H2,1-2H3. The predicted molar refractivity (Wildman–Crippen MR) is 71.7 cm³/mol. The minimum atomic E-state index is 0.250. The molecule has 1 aliphatic heterocycles. The number of rotatable bonds is 3. The number of ether oxygens (including phenoxy) is 1. The van der Waals surface area contributed by atoms with Gasteiger partial charge in [-0.3, -0.25) is 0 Å². The largest absolute Gasteiger partial charge is 0.380 e. The zero-order valence-corrected chi connectivity index (χ0v) is 11.1. The highest BCUT2D eigenvalue weighted by atomic mass is 16.5. The summed E-state index contributed by atoms with van der Waals surface area (Å²) in [7, 11) is 1.84. The Morgan fingerprint density at radius 3 is 3.00 bits per heavy atom. The molecule has 6 nitrogen and oxygen atoms in total. The van der Waals surface area contributed by atoms with Crippen LogP contribution in [0.3, 0.4) is 0 Å². The van der Waals surface area contributed by atoms with E-state index in [1.54, 1.807) is 4.68 Å². The molecule has 3 rings (SSSR count). The van der Waals surface area contributed by atoms with Crippen LogP contribution in [0, 0.1) is 0 Å². The van der Waals surface area contributed by atoms with Gasteiger partial charge in [-0.05, 0) is 35.9 Å². The van der Waals surface area contributed by atoms with Gasteiger partial charge in [0.05, 0.1) is 12.1 Å². The van der Waals surface area contributed by atoms with Crippen LogP contribution in [0.5, 0.6) is 0 Å². The first-order chi connectivity index (χ1) is 9.24. The van der Waals surface area contributed by atoms with Crippen molar-refractivity contribution >= 4 is 5.69 Å². The Balaban J connectivity index is 1.82. The summed E-state index contributed by atoms with van der Waals surface area (Å²) in [6, 6.07) is 8.50. The van der Waals surface area contributed by atoms with Gasteiger partial charge >= 0.3 is 0 Å². The van der Waals surface area contributed by atoms with E-state index < -0.39 is 0 Å². The lowest BCUT2D eigenvalue weighted by atomic mass is 10.1. The van der Waals surface area contributed by atoms with Gasteiger partial charge < -0.3 is 10.1 Å². The number of benzene rings is 1. The first-order valence-electron chi connectivity index (χ1n) is 6.45. The molecule has 2 atom stereocenters. The van der Waals surface area contributed by atoms with Gasteiger partial charge in [-0.1, -0.05) is 12.1 Å². The van der Waals surface area contributed by atoms with Crippen LogP contribution in [-0.4, -0.2) is 39.0 Å². The lowest BCUT2D eigenvalue weighted by molar-refractivity contribution is 0.121. The fraction of sp³-hybridized carbons (Fsp3) is 0.462. The Labute approximate surface area is 111 Å². The lowest BCUT2D eigenvalue weighted by Crippen LogP contribution is -2.26. The first-order valence-corrected chi connectivity index (χ1v) is 6.45. The number of aromatic nitrogens is 4. The minimum absolute atomic E-state index is 0.250. The van der Waals surface area contributed by atoms with Crippen molar-refractivity contribution in [2.24, 2.45) is 7.05 Å². The number of nitrogens with one attached hydrogen (secondary N) is 1. The molecule has 1 N–H and O–H groups in total. The number of anilines is 1. The van der Waals surface area contributed by atoms with E-state index in [4.69, 9.17) is 4.74 Å². The van der Waals surface area contributed by atoms with Crippen molar-refractivity contribution in [1.82, 2.24) is 20.2 Å². The molecule has 1 saturated heterocycles. The average Bonchev–Trinajstić information content (AvgIpc) is 3.00. The summed E-state index contributed by atoms with van der Waals surface area (Å²) >= 11 is 0. The minimum Gasteiger partial charge on any atom is -0.380 e. The Morgan fingerprint density at radius 2 is 2.32 bits per heavy atom. The second-order valence-electron chi connectivity index (χ2n) is 4.82. The summed E-state index contributed by atoms with van der Waals surface area (Å²) in [5.74, 6) is 0.763. The van der Waals surface area contributed by atoms with Crippen LogP contribution in [0.15, 0.2) is 24.3 Å². The maximum atomic E-state index is 5.56. The Kier molecular flexibility index (Phi) is 3.16. The topological polar surface area (TPSA) is 64.9 Å². The zero-order valence-electron chi connectivity index (χ0n) is 11.1. The van der Waals surface area contributed by atoms with Gasteiger partial charge in [-0.2, -0.15) is 0 Å². The molecule has 0 amide bonds. The molecule has 0 spiro atoms. The Morgan fingerprint density at radius 1 is 1.42 bits per heavy atom. The predicted octanol–water partition coefficient (Wildman–Crippen LogP) is 1.47. The highest BCUT2D eigenvalue weighted by Gasteiger charge is 2.23. The monoisotopic (exact) mass is 259 g/mol. The molecule has 1 fully saturated rings. The lowest BCUT2D eigenvalue weighted by Gasteiger charge is -2.17. The molecule has 1 aliphatic rings. The second kappa shape index (κ2) is 4.97. The molecule has 1 aromatic heterocycles. The fourth-order valence-corrected chi connectivity index (χ4v) is 2.36. The van der Waals surface area contributed by atoms with Crippen molar-refractivity contribution in [3.63, 3.8) is 0 Å². The third-order valence-electron chi connectivity index (χ3n) is 3.47. The van der Waals surface area contributed by atoms with E-state index in [0.29, 0.717) is 6.04 Å². The molecule has 0 bridgehead atoms. The van der Waals surface area contributed by atoms with Crippen LogP contribution < -0.4 is 5.32 Å². The van der Waals surface area contributed by atoms with E-state index >= 15 is 0 Å².